The summed E-state index contributed by atoms with van der Waals surface area (Å²) in [7, 11) is 0. The highest BCUT2D eigenvalue weighted by molar-refractivity contribution is 5.78. The average Bonchev–Trinajstić information content (AvgIpc) is 3.15. The van der Waals surface area contributed by atoms with E-state index in [1.165, 1.54) is 12.8 Å². The highest BCUT2D eigenvalue weighted by Crippen LogP contribution is 2.18. The molecule has 0 atom stereocenters. The SMILES string of the molecule is NCCCN1CCCN(CC(=O)NC2CC2)CC1. The van der Waals surface area contributed by atoms with Gasteiger partial charge in [-0.25, -0.2) is 0 Å². The molecule has 1 saturated heterocycles. The van der Waals surface area contributed by atoms with Crippen LogP contribution >= 0.6 is 0 Å². The van der Waals surface area contributed by atoms with Crippen LogP contribution in [0.25, 0.3) is 0 Å². The van der Waals surface area contributed by atoms with E-state index in [4.69, 9.17) is 5.73 Å². The summed E-state index contributed by atoms with van der Waals surface area (Å²) in [6.07, 6.45) is 4.56. The molecule has 1 saturated carbocycles. The fourth-order valence-corrected chi connectivity index (χ4v) is 2.43. The van der Waals surface area contributed by atoms with Crippen molar-refractivity contribution in [1.29, 1.82) is 0 Å². The summed E-state index contributed by atoms with van der Waals surface area (Å²) in [4.78, 5) is 16.5. The fraction of sp³-hybridized carbons (Fsp3) is 0.923. The Morgan fingerprint density at radius 1 is 1.17 bits per heavy atom. The summed E-state index contributed by atoms with van der Waals surface area (Å²) in [6.45, 7) is 6.68. The second-order valence-corrected chi connectivity index (χ2v) is 5.46. The van der Waals surface area contributed by atoms with Gasteiger partial charge in [-0.05, 0) is 51.9 Å². The molecule has 0 aromatic carbocycles. The first-order chi connectivity index (χ1) is 8.78. The highest BCUT2D eigenvalue weighted by Gasteiger charge is 2.24. The number of rotatable bonds is 6. The van der Waals surface area contributed by atoms with Crippen molar-refractivity contribution in [3.63, 3.8) is 0 Å². The smallest absolute Gasteiger partial charge is 0.234 e. The third kappa shape index (κ3) is 4.92. The molecular formula is C13H26N4O. The first-order valence-corrected chi connectivity index (χ1v) is 7.22. The Kier molecular flexibility index (Phi) is 5.41. The molecule has 104 valence electrons. The van der Waals surface area contributed by atoms with Crippen LogP contribution < -0.4 is 11.1 Å². The monoisotopic (exact) mass is 254 g/mol. The number of nitrogens with zero attached hydrogens (tertiary/aromatic N) is 2. The number of nitrogens with one attached hydrogen (secondary N) is 1. The molecule has 0 aromatic heterocycles. The molecule has 18 heavy (non-hydrogen) atoms. The molecule has 2 rings (SSSR count). The maximum atomic E-state index is 11.7. The molecule has 5 heteroatoms. The lowest BCUT2D eigenvalue weighted by Gasteiger charge is -2.21. The lowest BCUT2D eigenvalue weighted by Crippen LogP contribution is -2.40. The van der Waals surface area contributed by atoms with Crippen molar-refractivity contribution in [3.8, 4) is 0 Å². The number of hydrogen-bond acceptors (Lipinski definition) is 4. The van der Waals surface area contributed by atoms with Gasteiger partial charge in [0.2, 0.25) is 5.91 Å². The van der Waals surface area contributed by atoms with Crippen molar-refractivity contribution in [2.75, 3.05) is 45.8 Å². The quantitative estimate of drug-likeness (QED) is 0.678. The standard InChI is InChI=1S/C13H26N4O/c14-5-1-6-16-7-2-8-17(10-9-16)11-13(18)15-12-3-4-12/h12H,1-11,14H2,(H,15,18). The lowest BCUT2D eigenvalue weighted by atomic mass is 10.3. The van der Waals surface area contributed by atoms with Crippen LogP contribution in [0.2, 0.25) is 0 Å². The molecule has 2 aliphatic rings. The Labute approximate surface area is 110 Å². The number of carbonyl (C=O) groups excluding carboxylic acids is 1. The van der Waals surface area contributed by atoms with E-state index in [1.54, 1.807) is 0 Å². The lowest BCUT2D eigenvalue weighted by molar-refractivity contribution is -0.122. The summed E-state index contributed by atoms with van der Waals surface area (Å²) in [5.41, 5.74) is 5.54. The Bertz CT molecular complexity index is 268. The largest absolute Gasteiger partial charge is 0.352 e. The predicted octanol–water partition coefficient (Wildman–Crippen LogP) is -0.378. The van der Waals surface area contributed by atoms with Crippen LogP contribution in [0.15, 0.2) is 0 Å². The second kappa shape index (κ2) is 7.07. The van der Waals surface area contributed by atoms with E-state index in [-0.39, 0.29) is 5.91 Å². The van der Waals surface area contributed by atoms with Crippen LogP contribution in [0.3, 0.4) is 0 Å². The summed E-state index contributed by atoms with van der Waals surface area (Å²) < 4.78 is 0. The molecule has 1 aliphatic heterocycles. The maximum Gasteiger partial charge on any atom is 0.234 e. The number of hydrogen-bond donors (Lipinski definition) is 2. The minimum atomic E-state index is 0.202. The normalized spacial score (nSPS) is 22.7. The van der Waals surface area contributed by atoms with Crippen LogP contribution in [-0.2, 0) is 4.79 Å². The van der Waals surface area contributed by atoms with Gasteiger partial charge in [0.15, 0.2) is 0 Å². The molecule has 0 aromatic rings. The van der Waals surface area contributed by atoms with Crippen LogP contribution in [0.4, 0.5) is 0 Å². The van der Waals surface area contributed by atoms with E-state index in [1.807, 2.05) is 0 Å². The number of carbonyl (C=O) groups is 1. The fourth-order valence-electron chi connectivity index (χ4n) is 2.43. The highest BCUT2D eigenvalue weighted by atomic mass is 16.2. The van der Waals surface area contributed by atoms with Gasteiger partial charge < -0.3 is 16.0 Å². The Hall–Kier alpha value is -0.650. The predicted molar refractivity (Wildman–Crippen MR) is 72.3 cm³/mol. The van der Waals surface area contributed by atoms with Gasteiger partial charge in [-0.1, -0.05) is 0 Å². The third-order valence-electron chi connectivity index (χ3n) is 3.67. The van der Waals surface area contributed by atoms with Gasteiger partial charge in [-0.3, -0.25) is 9.69 Å². The number of nitrogens with two attached hydrogens (primary N) is 1. The molecule has 2 fully saturated rings. The summed E-state index contributed by atoms with van der Waals surface area (Å²) >= 11 is 0. The average molecular weight is 254 g/mol. The molecule has 5 nitrogen and oxygen atoms in total. The van der Waals surface area contributed by atoms with E-state index in [9.17, 15) is 4.79 Å². The van der Waals surface area contributed by atoms with Gasteiger partial charge in [0.1, 0.15) is 0 Å². The van der Waals surface area contributed by atoms with Crippen molar-refractivity contribution >= 4 is 5.91 Å². The van der Waals surface area contributed by atoms with Crippen LogP contribution in [0, 0.1) is 0 Å². The summed E-state index contributed by atoms with van der Waals surface area (Å²) in [5.74, 6) is 0.202. The van der Waals surface area contributed by atoms with E-state index >= 15 is 0 Å². The first kappa shape index (κ1) is 13.8. The molecule has 0 bridgehead atoms. The van der Waals surface area contributed by atoms with Gasteiger partial charge in [0.25, 0.3) is 0 Å². The Morgan fingerprint density at radius 2 is 1.89 bits per heavy atom. The molecular weight excluding hydrogens is 228 g/mol. The zero-order chi connectivity index (χ0) is 12.8. The second-order valence-electron chi connectivity index (χ2n) is 5.46. The molecule has 0 spiro atoms. The molecule has 0 unspecified atom stereocenters. The minimum Gasteiger partial charge on any atom is -0.352 e. The summed E-state index contributed by atoms with van der Waals surface area (Å²) in [6, 6.07) is 0.477. The Balaban J connectivity index is 1.65. The molecule has 1 heterocycles. The van der Waals surface area contributed by atoms with Gasteiger partial charge in [0, 0.05) is 19.1 Å². The zero-order valence-electron chi connectivity index (χ0n) is 11.2. The van der Waals surface area contributed by atoms with Crippen LogP contribution in [0.5, 0.6) is 0 Å². The van der Waals surface area contributed by atoms with Crippen molar-refractivity contribution in [2.45, 2.75) is 31.7 Å². The molecule has 3 N–H and O–H groups in total. The van der Waals surface area contributed by atoms with Gasteiger partial charge in [0.05, 0.1) is 6.54 Å². The first-order valence-electron chi connectivity index (χ1n) is 7.22. The molecule has 1 amide bonds. The Morgan fingerprint density at radius 3 is 2.61 bits per heavy atom. The van der Waals surface area contributed by atoms with Crippen LogP contribution in [0.1, 0.15) is 25.7 Å². The molecule has 1 aliphatic carbocycles. The topological polar surface area (TPSA) is 61.6 Å². The molecule has 0 radical (unpaired) electrons. The van der Waals surface area contributed by atoms with E-state index in [0.717, 1.165) is 52.1 Å². The zero-order valence-corrected chi connectivity index (χ0v) is 11.2. The van der Waals surface area contributed by atoms with E-state index in [2.05, 4.69) is 15.1 Å². The van der Waals surface area contributed by atoms with Crippen LogP contribution in [-0.4, -0.2) is 67.6 Å². The van der Waals surface area contributed by atoms with Crippen molar-refractivity contribution in [3.05, 3.63) is 0 Å². The van der Waals surface area contributed by atoms with Gasteiger partial charge in [-0.15, -0.1) is 0 Å². The number of amides is 1. The third-order valence-corrected chi connectivity index (χ3v) is 3.67. The van der Waals surface area contributed by atoms with Crippen molar-refractivity contribution in [2.24, 2.45) is 5.73 Å². The van der Waals surface area contributed by atoms with E-state index in [0.29, 0.717) is 12.6 Å². The minimum absolute atomic E-state index is 0.202. The van der Waals surface area contributed by atoms with Gasteiger partial charge in [-0.2, -0.15) is 0 Å². The summed E-state index contributed by atoms with van der Waals surface area (Å²) in [5, 5.41) is 3.06. The van der Waals surface area contributed by atoms with Gasteiger partial charge >= 0.3 is 0 Å². The van der Waals surface area contributed by atoms with E-state index < -0.39 is 0 Å². The van der Waals surface area contributed by atoms with Crippen molar-refractivity contribution < 1.29 is 4.79 Å². The maximum absolute atomic E-state index is 11.7. The van der Waals surface area contributed by atoms with Crippen molar-refractivity contribution in [1.82, 2.24) is 15.1 Å².